The Kier molecular flexibility index (Phi) is 6.59. The van der Waals surface area contributed by atoms with Crippen molar-refractivity contribution in [3.63, 3.8) is 0 Å². The highest BCUT2D eigenvalue weighted by Crippen LogP contribution is 2.27. The maximum absolute atomic E-state index is 12.5. The van der Waals surface area contributed by atoms with Crippen molar-refractivity contribution in [1.29, 1.82) is 0 Å². The lowest BCUT2D eigenvalue weighted by Crippen LogP contribution is -2.41. The van der Waals surface area contributed by atoms with E-state index in [9.17, 15) is 8.42 Å². The second-order valence-electron chi connectivity index (χ2n) is 7.08. The first-order valence-corrected chi connectivity index (χ1v) is 11.1. The van der Waals surface area contributed by atoms with Gasteiger partial charge in [0.1, 0.15) is 17.2 Å². The van der Waals surface area contributed by atoms with Gasteiger partial charge in [-0.2, -0.15) is 0 Å². The molecule has 2 aromatic rings. The zero-order valence-electron chi connectivity index (χ0n) is 16.6. The van der Waals surface area contributed by atoms with Gasteiger partial charge in [0.25, 0.3) is 0 Å². The zero-order chi connectivity index (χ0) is 20.1. The third-order valence-electron chi connectivity index (χ3n) is 4.89. The quantitative estimate of drug-likeness (QED) is 0.655. The molecule has 6 nitrogen and oxygen atoms in total. The molecule has 7 heteroatoms. The van der Waals surface area contributed by atoms with Gasteiger partial charge in [-0.15, -0.1) is 0 Å². The summed E-state index contributed by atoms with van der Waals surface area (Å²) < 4.78 is 38.9. The van der Waals surface area contributed by atoms with E-state index in [4.69, 9.17) is 9.47 Å². The zero-order valence-corrected chi connectivity index (χ0v) is 17.4. The predicted octanol–water partition coefficient (Wildman–Crippen LogP) is 3.64. The molecular formula is C21H28N2O4S. The summed E-state index contributed by atoms with van der Waals surface area (Å²) in [7, 11) is -1.50. The van der Waals surface area contributed by atoms with Crippen molar-refractivity contribution < 1.29 is 17.9 Å². The Morgan fingerprint density at radius 3 is 2.11 bits per heavy atom. The summed E-state index contributed by atoms with van der Waals surface area (Å²) in [4.78, 5) is 2.46. The molecule has 0 amide bonds. The molecule has 1 fully saturated rings. The highest BCUT2D eigenvalue weighted by Gasteiger charge is 2.29. The van der Waals surface area contributed by atoms with Crippen LogP contribution in [0.5, 0.6) is 17.2 Å². The Bertz CT molecular complexity index is 862. The van der Waals surface area contributed by atoms with E-state index in [0.717, 1.165) is 5.75 Å². The molecule has 3 rings (SSSR count). The van der Waals surface area contributed by atoms with Gasteiger partial charge in [0.15, 0.2) is 0 Å². The van der Waals surface area contributed by atoms with Gasteiger partial charge in [-0.3, -0.25) is 4.90 Å². The fraction of sp³-hybridized carbons (Fsp3) is 0.429. The molecule has 0 spiro atoms. The Balaban J connectivity index is 1.57. The standard InChI is InChI=1S/C21H28N2O4S/c1-4-26-18-7-9-19(10-8-18)27-20-11-13-21(14-12-20)28(24,25)22-15-16(2)23(3)17-5-6-17/h7-14,16-17,22H,4-6,15H2,1-3H3. The largest absolute Gasteiger partial charge is 0.494 e. The van der Waals surface area contributed by atoms with E-state index in [-0.39, 0.29) is 10.9 Å². The number of hydrogen-bond donors (Lipinski definition) is 1. The van der Waals surface area contributed by atoms with E-state index in [1.807, 2.05) is 45.2 Å². The maximum atomic E-state index is 12.5. The molecule has 0 saturated heterocycles. The smallest absolute Gasteiger partial charge is 0.240 e. The molecule has 0 bridgehead atoms. The van der Waals surface area contributed by atoms with Gasteiger partial charge in [0.2, 0.25) is 10.0 Å². The molecule has 2 aromatic carbocycles. The summed E-state index contributed by atoms with van der Waals surface area (Å²) in [5.41, 5.74) is 0. The molecule has 0 heterocycles. The van der Waals surface area contributed by atoms with E-state index < -0.39 is 10.0 Å². The average Bonchev–Trinajstić information content (AvgIpc) is 3.53. The first kappa shape index (κ1) is 20.6. The fourth-order valence-corrected chi connectivity index (χ4v) is 4.01. The van der Waals surface area contributed by atoms with Crippen LogP contribution >= 0.6 is 0 Å². The van der Waals surface area contributed by atoms with Crippen molar-refractivity contribution >= 4 is 10.0 Å². The highest BCUT2D eigenvalue weighted by atomic mass is 32.2. The van der Waals surface area contributed by atoms with Crippen LogP contribution in [-0.4, -0.2) is 45.6 Å². The van der Waals surface area contributed by atoms with Crippen LogP contribution < -0.4 is 14.2 Å². The number of hydrogen-bond acceptors (Lipinski definition) is 5. The SMILES string of the molecule is CCOc1ccc(Oc2ccc(S(=O)(=O)NCC(C)N(C)C3CC3)cc2)cc1. The van der Waals surface area contributed by atoms with E-state index in [0.29, 0.717) is 30.7 Å². The lowest BCUT2D eigenvalue weighted by molar-refractivity contribution is 0.248. The molecule has 0 radical (unpaired) electrons. The summed E-state index contributed by atoms with van der Waals surface area (Å²) in [5.74, 6) is 2.02. The van der Waals surface area contributed by atoms with Crippen molar-refractivity contribution in [2.24, 2.45) is 0 Å². The van der Waals surface area contributed by atoms with Gasteiger partial charge >= 0.3 is 0 Å². The maximum Gasteiger partial charge on any atom is 0.240 e. The number of nitrogens with one attached hydrogen (secondary N) is 1. The molecule has 1 N–H and O–H groups in total. The summed E-state index contributed by atoms with van der Waals surface area (Å²) >= 11 is 0. The van der Waals surface area contributed by atoms with Gasteiger partial charge in [0.05, 0.1) is 11.5 Å². The van der Waals surface area contributed by atoms with Gasteiger partial charge in [-0.1, -0.05) is 0 Å². The number of likely N-dealkylation sites (N-methyl/N-ethyl adjacent to an activating group) is 1. The number of sulfonamides is 1. The van der Waals surface area contributed by atoms with Crippen LogP contribution in [-0.2, 0) is 10.0 Å². The molecule has 1 atom stereocenters. The molecule has 0 aliphatic heterocycles. The third-order valence-corrected chi connectivity index (χ3v) is 6.33. The first-order valence-electron chi connectivity index (χ1n) is 9.61. The molecule has 1 aliphatic carbocycles. The van der Waals surface area contributed by atoms with Crippen LogP contribution in [0.25, 0.3) is 0 Å². The van der Waals surface area contributed by atoms with Crippen LogP contribution in [0, 0.1) is 0 Å². The Hall–Kier alpha value is -2.09. The number of rotatable bonds is 10. The Morgan fingerprint density at radius 1 is 1.04 bits per heavy atom. The van der Waals surface area contributed by atoms with Crippen LogP contribution in [0.3, 0.4) is 0 Å². The number of ether oxygens (including phenoxy) is 2. The van der Waals surface area contributed by atoms with Gasteiger partial charge in [0, 0.05) is 18.6 Å². The van der Waals surface area contributed by atoms with Crippen molar-refractivity contribution in [2.45, 2.75) is 43.7 Å². The summed E-state index contributed by atoms with van der Waals surface area (Å²) in [5, 5.41) is 0. The molecule has 1 saturated carbocycles. The minimum Gasteiger partial charge on any atom is -0.494 e. The van der Waals surface area contributed by atoms with Gasteiger partial charge < -0.3 is 9.47 Å². The summed E-state index contributed by atoms with van der Waals surface area (Å²) in [6.45, 7) is 4.97. The molecule has 1 aliphatic rings. The Labute approximate surface area is 167 Å². The monoisotopic (exact) mass is 404 g/mol. The number of nitrogens with zero attached hydrogens (tertiary/aromatic N) is 1. The molecule has 0 aromatic heterocycles. The normalized spacial score (nSPS) is 15.4. The van der Waals surface area contributed by atoms with Gasteiger partial charge in [-0.25, -0.2) is 13.1 Å². The minimum atomic E-state index is -3.54. The molecule has 152 valence electrons. The van der Waals surface area contributed by atoms with Crippen molar-refractivity contribution in [3.05, 3.63) is 48.5 Å². The van der Waals surface area contributed by atoms with Crippen molar-refractivity contribution in [2.75, 3.05) is 20.2 Å². The highest BCUT2D eigenvalue weighted by molar-refractivity contribution is 7.89. The third kappa shape index (κ3) is 5.47. The average molecular weight is 405 g/mol. The predicted molar refractivity (Wildman–Crippen MR) is 110 cm³/mol. The molecule has 28 heavy (non-hydrogen) atoms. The van der Waals surface area contributed by atoms with Gasteiger partial charge in [-0.05, 0) is 82.3 Å². The van der Waals surface area contributed by atoms with Crippen LogP contribution in [0.4, 0.5) is 0 Å². The van der Waals surface area contributed by atoms with Crippen molar-refractivity contribution in [3.8, 4) is 17.2 Å². The van der Waals surface area contributed by atoms with Crippen LogP contribution in [0.15, 0.2) is 53.4 Å². The van der Waals surface area contributed by atoms with E-state index in [1.165, 1.54) is 12.8 Å². The van der Waals surface area contributed by atoms with E-state index in [1.54, 1.807) is 24.3 Å². The number of benzene rings is 2. The topological polar surface area (TPSA) is 67.9 Å². The first-order chi connectivity index (χ1) is 13.4. The van der Waals surface area contributed by atoms with Crippen molar-refractivity contribution in [1.82, 2.24) is 9.62 Å². The fourth-order valence-electron chi connectivity index (χ4n) is 2.89. The van der Waals surface area contributed by atoms with E-state index in [2.05, 4.69) is 9.62 Å². The lowest BCUT2D eigenvalue weighted by Gasteiger charge is -2.24. The van der Waals surface area contributed by atoms with Crippen LogP contribution in [0.2, 0.25) is 0 Å². The second kappa shape index (κ2) is 8.94. The summed E-state index contributed by atoms with van der Waals surface area (Å²) in [6.07, 6.45) is 2.40. The van der Waals surface area contributed by atoms with E-state index >= 15 is 0 Å². The Morgan fingerprint density at radius 2 is 1.57 bits per heavy atom. The lowest BCUT2D eigenvalue weighted by atomic mass is 10.3. The van der Waals surface area contributed by atoms with Crippen LogP contribution in [0.1, 0.15) is 26.7 Å². The molecular weight excluding hydrogens is 376 g/mol. The molecule has 1 unspecified atom stereocenters. The second-order valence-corrected chi connectivity index (χ2v) is 8.84. The minimum absolute atomic E-state index is 0.157. The summed E-state index contributed by atoms with van der Waals surface area (Å²) in [6, 6.07) is 14.5.